The fourth-order valence-corrected chi connectivity index (χ4v) is 2.93. The molecule has 21 heavy (non-hydrogen) atoms. The van der Waals surface area contributed by atoms with Crippen molar-refractivity contribution < 1.29 is 13.9 Å². The van der Waals surface area contributed by atoms with Crippen LogP contribution in [0.4, 0.5) is 4.39 Å². The second-order valence-corrected chi connectivity index (χ2v) is 6.15. The van der Waals surface area contributed by atoms with Gasteiger partial charge >= 0.3 is 0 Å². The molecular weight excluding hydrogens is 269 g/mol. The maximum Gasteiger partial charge on any atom is 0.123 e. The van der Waals surface area contributed by atoms with Crippen molar-refractivity contribution in [2.75, 3.05) is 13.7 Å². The number of methoxy groups -OCH3 is 1. The summed E-state index contributed by atoms with van der Waals surface area (Å²) in [7, 11) is 1.62. The zero-order chi connectivity index (χ0) is 15.4. The normalized spacial score (nSPS) is 24.1. The molecule has 1 saturated heterocycles. The number of hydrogen-bond donors (Lipinski definition) is 1. The zero-order valence-electron chi connectivity index (χ0n) is 13.4. The standard InChI is InChI=1S/C17H26FNO2/c1-11(2)17-10-14(7-8-21-17)19-12(3)15-9-13(18)5-6-16(15)20-4/h5-6,9,11-12,14,17,19H,7-8,10H2,1-4H3. The van der Waals surface area contributed by atoms with Gasteiger partial charge in [-0.25, -0.2) is 4.39 Å². The molecule has 0 spiro atoms. The fourth-order valence-electron chi connectivity index (χ4n) is 2.93. The third-order valence-corrected chi connectivity index (χ3v) is 4.20. The lowest BCUT2D eigenvalue weighted by Crippen LogP contribution is -2.41. The van der Waals surface area contributed by atoms with E-state index in [2.05, 4.69) is 26.1 Å². The van der Waals surface area contributed by atoms with Gasteiger partial charge in [0, 0.05) is 24.3 Å². The monoisotopic (exact) mass is 295 g/mol. The molecule has 0 amide bonds. The topological polar surface area (TPSA) is 30.5 Å². The average molecular weight is 295 g/mol. The molecule has 0 aliphatic carbocycles. The molecule has 1 aromatic rings. The van der Waals surface area contributed by atoms with Crippen molar-refractivity contribution in [3.63, 3.8) is 0 Å². The molecular formula is C17H26FNO2. The molecule has 4 heteroatoms. The summed E-state index contributed by atoms with van der Waals surface area (Å²) in [5, 5.41) is 3.60. The lowest BCUT2D eigenvalue weighted by molar-refractivity contribution is -0.0257. The first-order valence-corrected chi connectivity index (χ1v) is 7.72. The van der Waals surface area contributed by atoms with Gasteiger partial charge in [-0.3, -0.25) is 0 Å². The molecule has 118 valence electrons. The van der Waals surface area contributed by atoms with E-state index in [4.69, 9.17) is 9.47 Å². The molecule has 1 N–H and O–H groups in total. The summed E-state index contributed by atoms with van der Waals surface area (Å²) in [5.41, 5.74) is 0.866. The Bertz CT molecular complexity index is 464. The summed E-state index contributed by atoms with van der Waals surface area (Å²) >= 11 is 0. The Kier molecular flexibility index (Phi) is 5.59. The third-order valence-electron chi connectivity index (χ3n) is 4.20. The fraction of sp³-hybridized carbons (Fsp3) is 0.647. The number of hydrogen-bond acceptors (Lipinski definition) is 3. The molecule has 2 rings (SSSR count). The van der Waals surface area contributed by atoms with Gasteiger partial charge in [0.15, 0.2) is 0 Å². The molecule has 1 aromatic carbocycles. The minimum absolute atomic E-state index is 0.0477. The first kappa shape index (κ1) is 16.2. The van der Waals surface area contributed by atoms with Gasteiger partial charge in [0.05, 0.1) is 13.2 Å². The summed E-state index contributed by atoms with van der Waals surface area (Å²) in [6.45, 7) is 7.21. The van der Waals surface area contributed by atoms with Gasteiger partial charge in [-0.05, 0) is 43.9 Å². The molecule has 0 aromatic heterocycles. The van der Waals surface area contributed by atoms with Crippen LogP contribution in [0.3, 0.4) is 0 Å². The number of ether oxygens (including phenoxy) is 2. The Morgan fingerprint density at radius 1 is 1.33 bits per heavy atom. The molecule has 3 atom stereocenters. The number of nitrogens with one attached hydrogen (secondary N) is 1. The molecule has 1 fully saturated rings. The number of halogens is 1. The largest absolute Gasteiger partial charge is 0.496 e. The van der Waals surface area contributed by atoms with Gasteiger partial charge in [0.2, 0.25) is 0 Å². The number of rotatable bonds is 5. The van der Waals surface area contributed by atoms with Crippen molar-refractivity contribution in [1.82, 2.24) is 5.32 Å². The summed E-state index contributed by atoms with van der Waals surface area (Å²) in [6.07, 6.45) is 2.29. The third kappa shape index (κ3) is 4.17. The molecule has 3 nitrogen and oxygen atoms in total. The van der Waals surface area contributed by atoms with E-state index < -0.39 is 0 Å². The molecule has 1 aliphatic rings. The van der Waals surface area contributed by atoms with Crippen molar-refractivity contribution in [3.8, 4) is 5.75 Å². The summed E-state index contributed by atoms with van der Waals surface area (Å²) in [5.74, 6) is 1.02. The summed E-state index contributed by atoms with van der Waals surface area (Å²) in [4.78, 5) is 0. The number of benzene rings is 1. The molecule has 1 heterocycles. The smallest absolute Gasteiger partial charge is 0.123 e. The van der Waals surface area contributed by atoms with E-state index in [-0.39, 0.29) is 11.9 Å². The van der Waals surface area contributed by atoms with Gasteiger partial charge in [-0.1, -0.05) is 13.8 Å². The predicted octanol–water partition coefficient (Wildman–Crippen LogP) is 3.69. The Morgan fingerprint density at radius 3 is 2.76 bits per heavy atom. The molecule has 3 unspecified atom stereocenters. The van der Waals surface area contributed by atoms with Gasteiger partial charge in [-0.15, -0.1) is 0 Å². The average Bonchev–Trinajstić information content (AvgIpc) is 2.47. The maximum atomic E-state index is 13.5. The van der Waals surface area contributed by atoms with Gasteiger partial charge in [0.1, 0.15) is 11.6 Å². The van der Waals surface area contributed by atoms with Gasteiger partial charge in [0.25, 0.3) is 0 Å². The Labute approximate surface area is 126 Å². The lowest BCUT2D eigenvalue weighted by atomic mass is 9.94. The first-order chi connectivity index (χ1) is 10.0. The van der Waals surface area contributed by atoms with Crippen LogP contribution in [0.1, 0.15) is 45.2 Å². The Hall–Kier alpha value is -1.13. The zero-order valence-corrected chi connectivity index (χ0v) is 13.4. The van der Waals surface area contributed by atoms with Crippen LogP contribution in [0.5, 0.6) is 5.75 Å². The maximum absolute atomic E-state index is 13.5. The molecule has 0 radical (unpaired) electrons. The van der Waals surface area contributed by atoms with Crippen LogP contribution >= 0.6 is 0 Å². The second kappa shape index (κ2) is 7.23. The van der Waals surface area contributed by atoms with E-state index in [1.54, 1.807) is 19.2 Å². The molecule has 0 saturated carbocycles. The van der Waals surface area contributed by atoms with E-state index in [1.807, 2.05) is 0 Å². The SMILES string of the molecule is COc1ccc(F)cc1C(C)NC1CCOC(C(C)C)C1. The van der Waals surface area contributed by atoms with Crippen molar-refractivity contribution in [3.05, 3.63) is 29.6 Å². The van der Waals surface area contributed by atoms with Crippen molar-refractivity contribution in [2.24, 2.45) is 5.92 Å². The van der Waals surface area contributed by atoms with E-state index in [0.717, 1.165) is 30.8 Å². The second-order valence-electron chi connectivity index (χ2n) is 6.15. The minimum atomic E-state index is -0.230. The summed E-state index contributed by atoms with van der Waals surface area (Å²) < 4.78 is 24.6. The minimum Gasteiger partial charge on any atom is -0.496 e. The van der Waals surface area contributed by atoms with Crippen LogP contribution in [-0.4, -0.2) is 25.9 Å². The van der Waals surface area contributed by atoms with Gasteiger partial charge in [-0.2, -0.15) is 0 Å². The Balaban J connectivity index is 2.04. The van der Waals surface area contributed by atoms with Gasteiger partial charge < -0.3 is 14.8 Å². The van der Waals surface area contributed by atoms with Crippen LogP contribution in [0.2, 0.25) is 0 Å². The van der Waals surface area contributed by atoms with E-state index in [0.29, 0.717) is 18.1 Å². The van der Waals surface area contributed by atoms with E-state index >= 15 is 0 Å². The highest BCUT2D eigenvalue weighted by Crippen LogP contribution is 2.28. The summed E-state index contributed by atoms with van der Waals surface area (Å²) in [6, 6.07) is 5.11. The van der Waals surface area contributed by atoms with Crippen LogP contribution < -0.4 is 10.1 Å². The van der Waals surface area contributed by atoms with Crippen molar-refractivity contribution in [2.45, 2.75) is 51.8 Å². The van der Waals surface area contributed by atoms with Crippen LogP contribution in [-0.2, 0) is 4.74 Å². The van der Waals surface area contributed by atoms with Crippen LogP contribution in [0.25, 0.3) is 0 Å². The lowest BCUT2D eigenvalue weighted by Gasteiger charge is -2.34. The van der Waals surface area contributed by atoms with Crippen LogP contribution in [0.15, 0.2) is 18.2 Å². The quantitative estimate of drug-likeness (QED) is 0.898. The molecule has 0 bridgehead atoms. The van der Waals surface area contributed by atoms with E-state index in [1.165, 1.54) is 6.07 Å². The Morgan fingerprint density at radius 2 is 2.10 bits per heavy atom. The highest BCUT2D eigenvalue weighted by Gasteiger charge is 2.26. The predicted molar refractivity (Wildman–Crippen MR) is 82.1 cm³/mol. The van der Waals surface area contributed by atoms with Crippen molar-refractivity contribution >= 4 is 0 Å². The molecule has 1 aliphatic heterocycles. The van der Waals surface area contributed by atoms with E-state index in [9.17, 15) is 4.39 Å². The highest BCUT2D eigenvalue weighted by molar-refractivity contribution is 5.36. The van der Waals surface area contributed by atoms with Crippen LogP contribution in [0, 0.1) is 11.7 Å². The highest BCUT2D eigenvalue weighted by atomic mass is 19.1. The first-order valence-electron chi connectivity index (χ1n) is 7.72. The van der Waals surface area contributed by atoms with Crippen molar-refractivity contribution in [1.29, 1.82) is 0 Å².